The highest BCUT2D eigenvalue weighted by Crippen LogP contribution is 2.18. The molecule has 0 radical (unpaired) electrons. The predicted octanol–water partition coefficient (Wildman–Crippen LogP) is 1.43. The maximum absolute atomic E-state index is 12.5. The highest BCUT2D eigenvalue weighted by molar-refractivity contribution is 5.82. The molecule has 25 heavy (non-hydrogen) atoms. The molecule has 0 spiro atoms. The maximum atomic E-state index is 12.5. The fraction of sp³-hybridized carbons (Fsp3) is 0.176. The highest BCUT2D eigenvalue weighted by Gasteiger charge is 2.07. The van der Waals surface area contributed by atoms with E-state index in [9.17, 15) is 9.18 Å². The largest absolute Gasteiger partial charge is 0.489 e. The van der Waals surface area contributed by atoms with Crippen LogP contribution in [-0.4, -0.2) is 32.9 Å². The van der Waals surface area contributed by atoms with Gasteiger partial charge in [0, 0.05) is 29.9 Å². The van der Waals surface area contributed by atoms with Gasteiger partial charge in [-0.1, -0.05) is 0 Å². The van der Waals surface area contributed by atoms with Crippen LogP contribution in [0, 0.1) is 0 Å². The number of ether oxygens (including phenoxy) is 1. The Morgan fingerprint density at radius 2 is 2.20 bits per heavy atom. The number of nitrogens with zero attached hydrogens (tertiary/aromatic N) is 4. The van der Waals surface area contributed by atoms with E-state index in [0.717, 1.165) is 0 Å². The molecule has 8 heteroatoms. The lowest BCUT2D eigenvalue weighted by Gasteiger charge is -2.09. The topological polar surface area (TPSA) is 95.9 Å². The molecular weight excluding hydrogens is 325 g/mol. The van der Waals surface area contributed by atoms with Crippen LogP contribution in [0.3, 0.4) is 0 Å². The third kappa shape index (κ3) is 3.86. The minimum Gasteiger partial charge on any atom is -0.489 e. The Labute approximate surface area is 142 Å². The molecule has 0 saturated heterocycles. The van der Waals surface area contributed by atoms with Crippen molar-refractivity contribution in [1.29, 1.82) is 0 Å². The summed E-state index contributed by atoms with van der Waals surface area (Å²) in [5, 5.41) is 5.30. The Balaban J connectivity index is 1.85. The fourth-order valence-electron chi connectivity index (χ4n) is 2.24. The molecule has 0 bridgehead atoms. The summed E-state index contributed by atoms with van der Waals surface area (Å²) in [5.41, 5.74) is 6.14. The Morgan fingerprint density at radius 1 is 1.32 bits per heavy atom. The summed E-state index contributed by atoms with van der Waals surface area (Å²) in [5.74, 6) is 0.508. The van der Waals surface area contributed by atoms with Gasteiger partial charge in [-0.2, -0.15) is 5.10 Å². The van der Waals surface area contributed by atoms with Crippen LogP contribution in [0.2, 0.25) is 0 Å². The molecule has 3 aromatic rings. The van der Waals surface area contributed by atoms with Crippen LogP contribution in [0.1, 0.15) is 5.69 Å². The molecule has 3 rings (SSSR count). The lowest BCUT2D eigenvalue weighted by Crippen LogP contribution is -2.23. The summed E-state index contributed by atoms with van der Waals surface area (Å²) in [7, 11) is 0. The van der Waals surface area contributed by atoms with E-state index in [1.807, 2.05) is 0 Å². The molecule has 128 valence electrons. The molecule has 2 N–H and O–H groups in total. The number of halogens is 1. The zero-order chi connectivity index (χ0) is 17.6. The molecule has 0 unspecified atom stereocenters. The fourth-order valence-corrected chi connectivity index (χ4v) is 2.24. The molecule has 0 aliphatic carbocycles. The molecule has 2 aromatic heterocycles. The average Bonchev–Trinajstić information content (AvgIpc) is 2.66. The highest BCUT2D eigenvalue weighted by atomic mass is 19.1. The first-order chi connectivity index (χ1) is 12.2. The lowest BCUT2D eigenvalue weighted by atomic mass is 10.2. The quantitative estimate of drug-likeness (QED) is 0.728. The first kappa shape index (κ1) is 16.7. The lowest BCUT2D eigenvalue weighted by molar-refractivity contribution is 0.348. The Hall–Kier alpha value is -3.13. The average molecular weight is 341 g/mol. The third-order valence-electron chi connectivity index (χ3n) is 3.59. The second kappa shape index (κ2) is 7.63. The van der Waals surface area contributed by atoms with Gasteiger partial charge in [0.2, 0.25) is 0 Å². The summed E-state index contributed by atoms with van der Waals surface area (Å²) in [4.78, 5) is 20.6. The number of hydrogen-bond acceptors (Lipinski definition) is 6. The van der Waals surface area contributed by atoms with Crippen LogP contribution >= 0.6 is 0 Å². The van der Waals surface area contributed by atoms with E-state index >= 15 is 0 Å². The molecule has 0 aliphatic heterocycles. The van der Waals surface area contributed by atoms with Crippen molar-refractivity contribution in [3.8, 4) is 5.75 Å². The van der Waals surface area contributed by atoms with Gasteiger partial charge in [-0.15, -0.1) is 0 Å². The van der Waals surface area contributed by atoms with Crippen LogP contribution in [0.25, 0.3) is 10.8 Å². The monoisotopic (exact) mass is 341 g/mol. The zero-order valence-electron chi connectivity index (χ0n) is 13.3. The minimum atomic E-state index is -0.235. The number of hydrogen-bond donors (Lipinski definition) is 1. The molecule has 0 fully saturated rings. The van der Waals surface area contributed by atoms with Gasteiger partial charge in [0.25, 0.3) is 5.56 Å². The summed E-state index contributed by atoms with van der Waals surface area (Å²) in [6, 6.07) is 4.99. The molecule has 0 atom stereocenters. The van der Waals surface area contributed by atoms with Crippen molar-refractivity contribution in [2.45, 2.75) is 6.54 Å². The van der Waals surface area contributed by atoms with Gasteiger partial charge in [0.15, 0.2) is 0 Å². The van der Waals surface area contributed by atoms with E-state index in [1.54, 1.807) is 43.0 Å². The van der Waals surface area contributed by atoms with Gasteiger partial charge in [-0.25, -0.2) is 9.07 Å². The third-order valence-corrected chi connectivity index (χ3v) is 3.59. The van der Waals surface area contributed by atoms with Crippen molar-refractivity contribution in [3.05, 3.63) is 70.9 Å². The number of aromatic nitrogens is 4. The normalized spacial score (nSPS) is 11.7. The summed E-state index contributed by atoms with van der Waals surface area (Å²) >= 11 is 0. The van der Waals surface area contributed by atoms with E-state index in [4.69, 9.17) is 10.5 Å². The van der Waals surface area contributed by atoms with Crippen LogP contribution in [0.4, 0.5) is 4.39 Å². The number of rotatable bonds is 6. The van der Waals surface area contributed by atoms with Gasteiger partial charge >= 0.3 is 0 Å². The van der Waals surface area contributed by atoms with Crippen molar-refractivity contribution in [1.82, 2.24) is 19.7 Å². The SMILES string of the molecule is NCC(=CF)COc1ccc2c(=O)n(Cc3cnccn3)ncc2c1. The van der Waals surface area contributed by atoms with E-state index in [-0.39, 0.29) is 25.3 Å². The van der Waals surface area contributed by atoms with Gasteiger partial charge in [-0.05, 0) is 18.2 Å². The minimum absolute atomic E-state index is 0.0513. The second-order valence-corrected chi connectivity index (χ2v) is 5.31. The maximum Gasteiger partial charge on any atom is 0.275 e. The second-order valence-electron chi connectivity index (χ2n) is 5.31. The Morgan fingerprint density at radius 3 is 2.92 bits per heavy atom. The Bertz CT molecular complexity index is 956. The molecule has 0 saturated carbocycles. The van der Waals surface area contributed by atoms with Gasteiger partial charge < -0.3 is 10.5 Å². The van der Waals surface area contributed by atoms with Crippen LogP contribution < -0.4 is 16.0 Å². The van der Waals surface area contributed by atoms with E-state index in [0.29, 0.717) is 34.1 Å². The van der Waals surface area contributed by atoms with Crippen molar-refractivity contribution in [2.24, 2.45) is 5.73 Å². The van der Waals surface area contributed by atoms with E-state index in [2.05, 4.69) is 15.1 Å². The van der Waals surface area contributed by atoms with E-state index < -0.39 is 0 Å². The predicted molar refractivity (Wildman–Crippen MR) is 90.9 cm³/mol. The molecule has 1 aromatic carbocycles. The molecule has 7 nitrogen and oxygen atoms in total. The molecule has 0 amide bonds. The summed E-state index contributed by atoms with van der Waals surface area (Å²) in [6.07, 6.45) is 6.73. The molecule has 2 heterocycles. The van der Waals surface area contributed by atoms with Crippen molar-refractivity contribution in [3.63, 3.8) is 0 Å². The van der Waals surface area contributed by atoms with Gasteiger partial charge in [0.05, 0.1) is 36.3 Å². The van der Waals surface area contributed by atoms with Crippen LogP contribution in [-0.2, 0) is 6.54 Å². The van der Waals surface area contributed by atoms with Crippen molar-refractivity contribution >= 4 is 10.8 Å². The van der Waals surface area contributed by atoms with Gasteiger partial charge in [-0.3, -0.25) is 14.8 Å². The molecular formula is C17H16FN5O2. The molecule has 0 aliphatic rings. The standard InChI is InChI=1S/C17H16FN5O2/c18-6-12(7-19)11-25-15-1-2-16-13(5-15)8-22-23(17(16)24)10-14-9-20-3-4-21-14/h1-6,8-9H,7,10-11,19H2. The van der Waals surface area contributed by atoms with E-state index in [1.165, 1.54) is 4.68 Å². The van der Waals surface area contributed by atoms with Crippen molar-refractivity contribution in [2.75, 3.05) is 13.2 Å². The smallest absolute Gasteiger partial charge is 0.275 e. The Kier molecular flexibility index (Phi) is 5.10. The van der Waals surface area contributed by atoms with Crippen LogP contribution in [0.15, 0.2) is 59.7 Å². The van der Waals surface area contributed by atoms with Crippen LogP contribution in [0.5, 0.6) is 5.75 Å². The summed E-state index contributed by atoms with van der Waals surface area (Å²) in [6.45, 7) is 0.371. The number of fused-ring (bicyclic) bond motifs is 1. The first-order valence-corrected chi connectivity index (χ1v) is 7.57. The van der Waals surface area contributed by atoms with Crippen molar-refractivity contribution < 1.29 is 9.13 Å². The number of nitrogens with two attached hydrogens (primary N) is 1. The number of benzene rings is 1. The zero-order valence-corrected chi connectivity index (χ0v) is 13.3. The first-order valence-electron chi connectivity index (χ1n) is 7.57. The summed E-state index contributed by atoms with van der Waals surface area (Å²) < 4.78 is 19.3. The van der Waals surface area contributed by atoms with Gasteiger partial charge in [0.1, 0.15) is 12.4 Å².